The summed E-state index contributed by atoms with van der Waals surface area (Å²) in [5.41, 5.74) is 0. The van der Waals surface area contributed by atoms with E-state index >= 15 is 0 Å². The molecule has 0 amide bonds. The summed E-state index contributed by atoms with van der Waals surface area (Å²) in [6, 6.07) is -0.227. The number of carbonyl (C=O) groups is 1. The summed E-state index contributed by atoms with van der Waals surface area (Å²) in [4.78, 5) is 10.7. The summed E-state index contributed by atoms with van der Waals surface area (Å²) in [6.45, 7) is 4.45. The van der Waals surface area contributed by atoms with Crippen LogP contribution in [-0.4, -0.2) is 85.4 Å². The van der Waals surface area contributed by atoms with Crippen LogP contribution in [0.4, 0.5) is 4.79 Å². The van der Waals surface area contributed by atoms with Crippen molar-refractivity contribution in [1.29, 1.82) is 0 Å². The molecule has 22 heavy (non-hydrogen) atoms. The lowest BCUT2D eigenvalue weighted by molar-refractivity contribution is -0.0139. The standard InChI is InChI=1S/C13H25ClO8/c1-16-2-3-17-4-5-18-6-7-19-8-9-20-10-11-21-13(15)22-12-14/h2-12H2,1H3. The molecule has 8 nitrogen and oxygen atoms in total. The maximum Gasteiger partial charge on any atom is 0.509 e. The Bertz CT molecular complexity index is 242. The monoisotopic (exact) mass is 344 g/mol. The third kappa shape index (κ3) is 17.4. The maximum absolute atomic E-state index is 10.7. The van der Waals surface area contributed by atoms with Gasteiger partial charge >= 0.3 is 6.16 Å². The predicted molar refractivity (Wildman–Crippen MR) is 78.3 cm³/mol. The lowest BCUT2D eigenvalue weighted by Crippen LogP contribution is -2.15. The van der Waals surface area contributed by atoms with E-state index in [9.17, 15) is 4.79 Å². The largest absolute Gasteiger partial charge is 0.509 e. The Labute approximate surface area is 135 Å². The van der Waals surface area contributed by atoms with Crippen LogP contribution in [0.5, 0.6) is 0 Å². The minimum Gasteiger partial charge on any atom is -0.432 e. The van der Waals surface area contributed by atoms with E-state index in [0.717, 1.165) is 0 Å². The summed E-state index contributed by atoms with van der Waals surface area (Å²) in [7, 11) is 1.63. The topological polar surface area (TPSA) is 81.7 Å². The van der Waals surface area contributed by atoms with Crippen molar-refractivity contribution in [2.45, 2.75) is 0 Å². The molecule has 0 radical (unpaired) electrons. The van der Waals surface area contributed by atoms with Gasteiger partial charge in [-0.15, -0.1) is 0 Å². The highest BCUT2D eigenvalue weighted by molar-refractivity contribution is 6.17. The van der Waals surface area contributed by atoms with Gasteiger partial charge in [-0.05, 0) is 0 Å². The first-order chi connectivity index (χ1) is 10.8. The molecule has 0 aliphatic heterocycles. The lowest BCUT2D eigenvalue weighted by atomic mass is 10.7. The normalized spacial score (nSPS) is 10.6. The van der Waals surface area contributed by atoms with Crippen molar-refractivity contribution in [3.05, 3.63) is 0 Å². The summed E-state index contributed by atoms with van der Waals surface area (Å²) in [6.07, 6.45) is -0.807. The molecule has 0 aromatic heterocycles. The van der Waals surface area contributed by atoms with Crippen LogP contribution in [0.15, 0.2) is 0 Å². The van der Waals surface area contributed by atoms with Gasteiger partial charge in [-0.25, -0.2) is 4.79 Å². The number of hydrogen-bond donors (Lipinski definition) is 0. The zero-order valence-electron chi connectivity index (χ0n) is 12.9. The van der Waals surface area contributed by atoms with Gasteiger partial charge in [0.2, 0.25) is 0 Å². The number of methoxy groups -OCH3 is 1. The summed E-state index contributed by atoms with van der Waals surface area (Å²) < 4.78 is 34.8. The number of rotatable bonds is 16. The second-order valence-corrected chi connectivity index (χ2v) is 4.01. The lowest BCUT2D eigenvalue weighted by Gasteiger charge is -2.07. The number of carbonyl (C=O) groups excluding carboxylic acids is 1. The van der Waals surface area contributed by atoms with Crippen molar-refractivity contribution in [1.82, 2.24) is 0 Å². The minimum absolute atomic E-state index is 0.113. The van der Waals surface area contributed by atoms with Crippen molar-refractivity contribution < 1.29 is 38.0 Å². The van der Waals surface area contributed by atoms with Gasteiger partial charge in [-0.2, -0.15) is 0 Å². The smallest absolute Gasteiger partial charge is 0.432 e. The second-order valence-electron chi connectivity index (χ2n) is 3.79. The SMILES string of the molecule is COCCOCCOCCOCCOCCOC(=O)OCCl. The molecule has 0 saturated carbocycles. The zero-order valence-corrected chi connectivity index (χ0v) is 13.7. The molecule has 132 valence electrons. The molecular weight excluding hydrogens is 320 g/mol. The van der Waals surface area contributed by atoms with E-state index in [-0.39, 0.29) is 19.3 Å². The highest BCUT2D eigenvalue weighted by Crippen LogP contribution is 1.88. The summed E-state index contributed by atoms with van der Waals surface area (Å²) >= 11 is 5.17. The van der Waals surface area contributed by atoms with Crippen LogP contribution in [0.3, 0.4) is 0 Å². The Hall–Kier alpha value is -0.640. The first-order valence-corrected chi connectivity index (χ1v) is 7.50. The van der Waals surface area contributed by atoms with Crippen molar-refractivity contribution in [3.63, 3.8) is 0 Å². The van der Waals surface area contributed by atoms with Gasteiger partial charge in [0.05, 0.1) is 59.5 Å². The van der Waals surface area contributed by atoms with Crippen molar-refractivity contribution >= 4 is 17.8 Å². The first kappa shape index (κ1) is 21.4. The molecular formula is C13H25ClO8. The Morgan fingerprint density at radius 2 is 1.09 bits per heavy atom. The molecule has 0 saturated heterocycles. The molecule has 0 N–H and O–H groups in total. The van der Waals surface area contributed by atoms with Gasteiger partial charge in [0.25, 0.3) is 0 Å². The number of alkyl halides is 1. The van der Waals surface area contributed by atoms with Crippen LogP contribution in [-0.2, 0) is 33.2 Å². The van der Waals surface area contributed by atoms with Gasteiger partial charge in [-0.3, -0.25) is 0 Å². The highest BCUT2D eigenvalue weighted by Gasteiger charge is 2.01. The number of halogens is 1. The zero-order chi connectivity index (χ0) is 16.3. The second kappa shape index (κ2) is 18.4. The Kier molecular flexibility index (Phi) is 17.9. The molecule has 0 aromatic carbocycles. The van der Waals surface area contributed by atoms with Crippen molar-refractivity contribution in [2.75, 3.05) is 79.2 Å². The maximum atomic E-state index is 10.7. The van der Waals surface area contributed by atoms with Gasteiger partial charge in [0, 0.05) is 7.11 Å². The van der Waals surface area contributed by atoms with E-state index in [1.54, 1.807) is 7.11 Å². The average molecular weight is 345 g/mol. The molecule has 0 spiro atoms. The van der Waals surface area contributed by atoms with Crippen LogP contribution in [0.25, 0.3) is 0 Å². The fraction of sp³-hybridized carbons (Fsp3) is 0.923. The fourth-order valence-electron chi connectivity index (χ4n) is 1.17. The molecule has 0 atom stereocenters. The van der Waals surface area contributed by atoms with Crippen molar-refractivity contribution in [3.8, 4) is 0 Å². The van der Waals surface area contributed by atoms with Crippen LogP contribution in [0.1, 0.15) is 0 Å². The Balaban J connectivity index is 3.01. The van der Waals surface area contributed by atoms with E-state index in [2.05, 4.69) is 9.47 Å². The fourth-order valence-corrected chi connectivity index (χ4v) is 1.26. The summed E-state index contributed by atoms with van der Waals surface area (Å²) in [5, 5.41) is 0. The molecule has 0 heterocycles. The van der Waals surface area contributed by atoms with E-state index in [4.69, 9.17) is 35.3 Å². The van der Waals surface area contributed by atoms with E-state index in [0.29, 0.717) is 52.9 Å². The Morgan fingerprint density at radius 1 is 0.682 bits per heavy atom. The quantitative estimate of drug-likeness (QED) is 0.233. The van der Waals surface area contributed by atoms with Crippen LogP contribution >= 0.6 is 11.6 Å². The number of hydrogen-bond acceptors (Lipinski definition) is 8. The highest BCUT2D eigenvalue weighted by atomic mass is 35.5. The van der Waals surface area contributed by atoms with Gasteiger partial charge in [0.1, 0.15) is 6.61 Å². The van der Waals surface area contributed by atoms with E-state index < -0.39 is 6.16 Å². The van der Waals surface area contributed by atoms with E-state index in [1.165, 1.54) is 0 Å². The van der Waals surface area contributed by atoms with Gasteiger partial charge in [0.15, 0.2) is 6.07 Å². The van der Waals surface area contributed by atoms with Crippen LogP contribution in [0.2, 0.25) is 0 Å². The van der Waals surface area contributed by atoms with Crippen molar-refractivity contribution in [2.24, 2.45) is 0 Å². The molecule has 0 unspecified atom stereocenters. The third-order valence-corrected chi connectivity index (χ3v) is 2.28. The number of ether oxygens (including phenoxy) is 7. The first-order valence-electron chi connectivity index (χ1n) is 6.96. The molecule has 0 aliphatic rings. The third-order valence-electron chi connectivity index (χ3n) is 2.17. The predicted octanol–water partition coefficient (Wildman–Crippen LogP) is 1.05. The molecule has 0 fully saturated rings. The molecule has 9 heteroatoms. The van der Waals surface area contributed by atoms with E-state index in [1.807, 2.05) is 0 Å². The summed E-state index contributed by atoms with van der Waals surface area (Å²) in [5.74, 6) is 0. The van der Waals surface area contributed by atoms with Gasteiger partial charge in [-0.1, -0.05) is 11.6 Å². The minimum atomic E-state index is -0.807. The molecule has 0 bridgehead atoms. The Morgan fingerprint density at radius 3 is 1.50 bits per heavy atom. The molecule has 0 aromatic rings. The average Bonchev–Trinajstić information content (AvgIpc) is 2.51. The van der Waals surface area contributed by atoms with Gasteiger partial charge < -0.3 is 33.2 Å². The molecule has 0 aliphatic carbocycles. The van der Waals surface area contributed by atoms with Crippen LogP contribution in [0, 0.1) is 0 Å². The van der Waals surface area contributed by atoms with Crippen LogP contribution < -0.4 is 0 Å². The molecule has 0 rings (SSSR count).